The van der Waals surface area contributed by atoms with Crippen molar-refractivity contribution < 1.29 is 19.8 Å². The Morgan fingerprint density at radius 1 is 0.615 bits per heavy atom. The third-order valence-electron chi connectivity index (χ3n) is 3.95. The van der Waals surface area contributed by atoms with Crippen LogP contribution in [0.3, 0.4) is 0 Å². The molecule has 1 saturated heterocycles. The van der Waals surface area contributed by atoms with Crippen LogP contribution in [0.4, 0.5) is 0 Å². The molecule has 1 aliphatic heterocycles. The van der Waals surface area contributed by atoms with E-state index in [-0.39, 0.29) is 0 Å². The van der Waals surface area contributed by atoms with Gasteiger partial charge < -0.3 is 20.8 Å². The van der Waals surface area contributed by atoms with Gasteiger partial charge in [-0.1, -0.05) is 65.2 Å². The number of piperazine rings is 1. The lowest BCUT2D eigenvalue weighted by Gasteiger charge is -2.11. The summed E-state index contributed by atoms with van der Waals surface area (Å²) in [5, 5.41) is 23.0. The lowest BCUT2D eigenvalue weighted by molar-refractivity contribution is -0.138. The number of carboxylic acids is 2. The van der Waals surface area contributed by atoms with E-state index in [4.69, 9.17) is 10.2 Å². The number of hydrogen-bond donors (Lipinski definition) is 4. The van der Waals surface area contributed by atoms with E-state index in [0.717, 1.165) is 51.9 Å². The average Bonchev–Trinajstić information content (AvgIpc) is 2.63. The van der Waals surface area contributed by atoms with Gasteiger partial charge in [0.05, 0.1) is 0 Å². The van der Waals surface area contributed by atoms with Crippen molar-refractivity contribution in [2.75, 3.05) is 26.2 Å². The topological polar surface area (TPSA) is 98.7 Å². The summed E-state index contributed by atoms with van der Waals surface area (Å²) in [6.07, 6.45) is 11.8. The molecule has 26 heavy (non-hydrogen) atoms. The fourth-order valence-corrected chi connectivity index (χ4v) is 2.36. The third kappa shape index (κ3) is 30.7. The highest BCUT2D eigenvalue weighted by Gasteiger charge is 1.95. The number of carbonyl (C=O) groups is 2. The molecule has 0 unspecified atom stereocenters. The number of rotatable bonds is 12. The summed E-state index contributed by atoms with van der Waals surface area (Å²) in [7, 11) is 0. The molecule has 1 heterocycles. The molecule has 156 valence electrons. The molecular weight excluding hydrogens is 332 g/mol. The SMILES string of the molecule is C1CNCCN1.CCCCCCCC(=O)O.CCCCCCCC(=O)O. The van der Waals surface area contributed by atoms with E-state index in [1.807, 2.05) is 0 Å². The summed E-state index contributed by atoms with van der Waals surface area (Å²) in [6, 6.07) is 0. The van der Waals surface area contributed by atoms with Gasteiger partial charge in [-0.25, -0.2) is 0 Å². The lowest BCUT2D eigenvalue weighted by atomic mass is 10.1. The first-order chi connectivity index (χ1) is 12.5. The Labute approximate surface area is 160 Å². The quantitative estimate of drug-likeness (QED) is 0.385. The Bertz CT molecular complexity index is 273. The van der Waals surface area contributed by atoms with Crippen molar-refractivity contribution in [2.24, 2.45) is 0 Å². The zero-order valence-electron chi connectivity index (χ0n) is 17.0. The fourth-order valence-electron chi connectivity index (χ4n) is 2.36. The van der Waals surface area contributed by atoms with Gasteiger partial charge in [-0.15, -0.1) is 0 Å². The van der Waals surface area contributed by atoms with Crippen LogP contribution in [-0.4, -0.2) is 48.3 Å². The molecule has 0 aromatic carbocycles. The molecule has 0 saturated carbocycles. The maximum Gasteiger partial charge on any atom is 0.303 e. The van der Waals surface area contributed by atoms with Gasteiger partial charge in [0.2, 0.25) is 0 Å². The van der Waals surface area contributed by atoms with Gasteiger partial charge in [-0.2, -0.15) is 0 Å². The summed E-state index contributed by atoms with van der Waals surface area (Å²) in [4.78, 5) is 20.1. The van der Waals surface area contributed by atoms with Crippen LogP contribution in [0.15, 0.2) is 0 Å². The van der Waals surface area contributed by atoms with E-state index in [0.29, 0.717) is 12.8 Å². The van der Waals surface area contributed by atoms with Crippen LogP contribution in [0.25, 0.3) is 0 Å². The van der Waals surface area contributed by atoms with Crippen LogP contribution in [0.2, 0.25) is 0 Å². The van der Waals surface area contributed by atoms with Crippen molar-refractivity contribution in [3.05, 3.63) is 0 Å². The second-order valence-electron chi connectivity index (χ2n) is 6.62. The van der Waals surface area contributed by atoms with Crippen LogP contribution < -0.4 is 10.6 Å². The van der Waals surface area contributed by atoms with Crippen LogP contribution in [0.5, 0.6) is 0 Å². The molecule has 6 nitrogen and oxygen atoms in total. The number of carboxylic acid groups (broad SMARTS) is 2. The van der Waals surface area contributed by atoms with Gasteiger partial charge >= 0.3 is 11.9 Å². The number of aliphatic carboxylic acids is 2. The molecule has 1 aliphatic rings. The van der Waals surface area contributed by atoms with E-state index in [1.165, 1.54) is 38.5 Å². The first-order valence-corrected chi connectivity index (χ1v) is 10.4. The third-order valence-corrected chi connectivity index (χ3v) is 3.95. The second-order valence-corrected chi connectivity index (χ2v) is 6.62. The summed E-state index contributed by atoms with van der Waals surface area (Å²) < 4.78 is 0. The minimum Gasteiger partial charge on any atom is -0.481 e. The largest absolute Gasteiger partial charge is 0.481 e. The minimum absolute atomic E-state index is 0.337. The van der Waals surface area contributed by atoms with Crippen molar-refractivity contribution in [3.63, 3.8) is 0 Å². The van der Waals surface area contributed by atoms with Gasteiger partial charge in [0.25, 0.3) is 0 Å². The lowest BCUT2D eigenvalue weighted by Crippen LogP contribution is -2.39. The molecule has 0 aromatic heterocycles. The van der Waals surface area contributed by atoms with Crippen LogP contribution >= 0.6 is 0 Å². The summed E-state index contributed by atoms with van der Waals surface area (Å²) in [5.74, 6) is -1.34. The second kappa shape index (κ2) is 23.9. The first kappa shape index (κ1) is 27.1. The molecule has 0 atom stereocenters. The van der Waals surface area contributed by atoms with Crippen molar-refractivity contribution in [3.8, 4) is 0 Å². The number of nitrogens with one attached hydrogen (secondary N) is 2. The fraction of sp³-hybridized carbons (Fsp3) is 0.900. The zero-order valence-corrected chi connectivity index (χ0v) is 17.0. The molecule has 0 aromatic rings. The van der Waals surface area contributed by atoms with E-state index in [2.05, 4.69) is 24.5 Å². The molecule has 0 spiro atoms. The maximum atomic E-state index is 10.0. The van der Waals surface area contributed by atoms with Gasteiger partial charge in [0, 0.05) is 39.0 Å². The zero-order chi connectivity index (χ0) is 19.9. The highest BCUT2D eigenvalue weighted by atomic mass is 16.4. The predicted molar refractivity (Wildman–Crippen MR) is 108 cm³/mol. The molecule has 0 radical (unpaired) electrons. The van der Waals surface area contributed by atoms with Gasteiger partial charge in [0.15, 0.2) is 0 Å². The molecular formula is C20H42N2O4. The molecule has 0 bridgehead atoms. The Kier molecular flexibility index (Phi) is 24.9. The first-order valence-electron chi connectivity index (χ1n) is 10.4. The molecule has 0 aliphatic carbocycles. The average molecular weight is 375 g/mol. The summed E-state index contributed by atoms with van der Waals surface area (Å²) in [6.45, 7) is 8.86. The Morgan fingerprint density at radius 2 is 0.923 bits per heavy atom. The minimum atomic E-state index is -0.670. The monoisotopic (exact) mass is 374 g/mol. The Hall–Kier alpha value is -1.14. The van der Waals surface area contributed by atoms with Crippen molar-refractivity contribution in [2.45, 2.75) is 90.9 Å². The van der Waals surface area contributed by atoms with Crippen LogP contribution in [0, 0.1) is 0 Å². The predicted octanol–water partition coefficient (Wildman–Crippen LogP) is 4.04. The standard InChI is InChI=1S/2C8H16O2.C4H10N2/c2*1-2-3-4-5-6-7-8(9)10;1-2-6-4-3-5-1/h2*2-7H2,1H3,(H,9,10);5-6H,1-4H2. The molecule has 1 fully saturated rings. The summed E-state index contributed by atoms with van der Waals surface area (Å²) >= 11 is 0. The van der Waals surface area contributed by atoms with Crippen LogP contribution in [0.1, 0.15) is 90.9 Å². The van der Waals surface area contributed by atoms with Gasteiger partial charge in [-0.05, 0) is 12.8 Å². The van der Waals surface area contributed by atoms with E-state index in [9.17, 15) is 9.59 Å². The number of hydrogen-bond acceptors (Lipinski definition) is 4. The summed E-state index contributed by atoms with van der Waals surface area (Å²) in [5.41, 5.74) is 0. The van der Waals surface area contributed by atoms with E-state index < -0.39 is 11.9 Å². The molecule has 1 rings (SSSR count). The normalized spacial score (nSPS) is 13.0. The molecule has 6 heteroatoms. The highest BCUT2D eigenvalue weighted by molar-refractivity contribution is 5.66. The molecule has 4 N–H and O–H groups in total. The van der Waals surface area contributed by atoms with E-state index in [1.54, 1.807) is 0 Å². The van der Waals surface area contributed by atoms with Crippen molar-refractivity contribution in [1.29, 1.82) is 0 Å². The van der Waals surface area contributed by atoms with E-state index >= 15 is 0 Å². The smallest absolute Gasteiger partial charge is 0.303 e. The maximum absolute atomic E-state index is 10.0. The Morgan fingerprint density at radius 3 is 1.15 bits per heavy atom. The van der Waals surface area contributed by atoms with Gasteiger partial charge in [-0.3, -0.25) is 9.59 Å². The number of unbranched alkanes of at least 4 members (excludes halogenated alkanes) is 8. The highest BCUT2D eigenvalue weighted by Crippen LogP contribution is 2.04. The van der Waals surface area contributed by atoms with Gasteiger partial charge in [0.1, 0.15) is 0 Å². The van der Waals surface area contributed by atoms with Crippen LogP contribution in [-0.2, 0) is 9.59 Å². The van der Waals surface area contributed by atoms with Crippen molar-refractivity contribution >= 4 is 11.9 Å². The van der Waals surface area contributed by atoms with Crippen molar-refractivity contribution in [1.82, 2.24) is 10.6 Å². The Balaban J connectivity index is 0. The molecule has 0 amide bonds.